The van der Waals surface area contributed by atoms with Gasteiger partial charge in [0.25, 0.3) is 0 Å². The Morgan fingerprint density at radius 2 is 2.00 bits per heavy atom. The summed E-state index contributed by atoms with van der Waals surface area (Å²) >= 11 is 0. The van der Waals surface area contributed by atoms with E-state index in [1.807, 2.05) is 54.6 Å². The average molecular weight is 358 g/mol. The fourth-order valence-corrected chi connectivity index (χ4v) is 2.86. The van der Waals surface area contributed by atoms with Crippen LogP contribution in [0.15, 0.2) is 88.2 Å². The van der Waals surface area contributed by atoms with E-state index >= 15 is 0 Å². The Kier molecular flexibility index (Phi) is 4.83. The van der Waals surface area contributed by atoms with Crippen LogP contribution in [0.1, 0.15) is 17.1 Å². The van der Waals surface area contributed by atoms with E-state index < -0.39 is 0 Å². The van der Waals surface area contributed by atoms with Crippen molar-refractivity contribution in [2.24, 2.45) is 0 Å². The van der Waals surface area contributed by atoms with Crippen molar-refractivity contribution in [2.45, 2.75) is 13.1 Å². The van der Waals surface area contributed by atoms with Crippen molar-refractivity contribution in [3.8, 4) is 0 Å². The molecule has 0 atom stereocenters. The van der Waals surface area contributed by atoms with Gasteiger partial charge in [-0.25, -0.2) is 0 Å². The summed E-state index contributed by atoms with van der Waals surface area (Å²) in [5, 5.41) is 1.01. The van der Waals surface area contributed by atoms with Crippen LogP contribution in [0.5, 0.6) is 0 Å². The quantitative estimate of drug-likeness (QED) is 0.470. The maximum absolute atomic E-state index is 12.8. The number of amides is 1. The fraction of sp³-hybridized carbons (Fsp3) is 0.0909. The standard InChI is InChI=1S/C22H18N2O3/c25-22(10-9-19-13-18-6-1-2-8-21(18)27-19)24(16-20-7-4-12-26-20)15-17-5-3-11-23-14-17/h1-14H,15-16H2/b10-9+. The lowest BCUT2D eigenvalue weighted by atomic mass is 10.2. The van der Waals surface area contributed by atoms with Crippen molar-refractivity contribution < 1.29 is 13.6 Å². The van der Waals surface area contributed by atoms with Gasteiger partial charge >= 0.3 is 0 Å². The van der Waals surface area contributed by atoms with E-state index in [0.717, 1.165) is 22.3 Å². The number of aromatic nitrogens is 1. The first-order chi connectivity index (χ1) is 13.3. The molecule has 3 aromatic heterocycles. The summed E-state index contributed by atoms with van der Waals surface area (Å²) in [6.45, 7) is 0.822. The minimum absolute atomic E-state index is 0.129. The number of furan rings is 2. The number of pyridine rings is 1. The van der Waals surface area contributed by atoms with E-state index in [0.29, 0.717) is 18.8 Å². The number of carbonyl (C=O) groups is 1. The molecular formula is C22H18N2O3. The third-order valence-electron chi connectivity index (χ3n) is 4.17. The molecule has 134 valence electrons. The molecule has 27 heavy (non-hydrogen) atoms. The highest BCUT2D eigenvalue weighted by atomic mass is 16.3. The second-order valence-corrected chi connectivity index (χ2v) is 6.15. The van der Waals surface area contributed by atoms with Gasteiger partial charge in [0.05, 0.1) is 12.8 Å². The Bertz CT molecular complexity index is 1020. The maximum Gasteiger partial charge on any atom is 0.247 e. The summed E-state index contributed by atoms with van der Waals surface area (Å²) in [5.74, 6) is 1.24. The molecule has 0 bridgehead atoms. The van der Waals surface area contributed by atoms with Crippen molar-refractivity contribution >= 4 is 23.0 Å². The molecule has 0 spiro atoms. The molecule has 0 aliphatic carbocycles. The monoisotopic (exact) mass is 358 g/mol. The lowest BCUT2D eigenvalue weighted by Gasteiger charge is -2.20. The summed E-state index contributed by atoms with van der Waals surface area (Å²) in [6.07, 6.45) is 8.29. The van der Waals surface area contributed by atoms with Gasteiger partial charge in [0.1, 0.15) is 17.1 Å². The highest BCUT2D eigenvalue weighted by Crippen LogP contribution is 2.20. The molecule has 1 amide bonds. The van der Waals surface area contributed by atoms with Gasteiger partial charge in [-0.3, -0.25) is 9.78 Å². The van der Waals surface area contributed by atoms with E-state index in [2.05, 4.69) is 4.98 Å². The maximum atomic E-state index is 12.8. The molecule has 5 nitrogen and oxygen atoms in total. The van der Waals surface area contributed by atoms with Gasteiger partial charge in [-0.1, -0.05) is 24.3 Å². The number of nitrogens with zero attached hydrogens (tertiary/aromatic N) is 2. The first-order valence-electron chi connectivity index (χ1n) is 8.65. The second-order valence-electron chi connectivity index (χ2n) is 6.15. The number of benzene rings is 1. The third-order valence-corrected chi connectivity index (χ3v) is 4.17. The van der Waals surface area contributed by atoms with Crippen LogP contribution in [-0.2, 0) is 17.9 Å². The average Bonchev–Trinajstić information content (AvgIpc) is 3.35. The summed E-state index contributed by atoms with van der Waals surface area (Å²) in [7, 11) is 0. The highest BCUT2D eigenvalue weighted by Gasteiger charge is 2.14. The molecule has 4 aromatic rings. The van der Waals surface area contributed by atoms with Crippen LogP contribution in [0.4, 0.5) is 0 Å². The number of fused-ring (bicyclic) bond motifs is 1. The van der Waals surface area contributed by atoms with Crippen molar-refractivity contribution in [2.75, 3.05) is 0 Å². The zero-order valence-corrected chi connectivity index (χ0v) is 14.6. The Morgan fingerprint density at radius 1 is 1.07 bits per heavy atom. The minimum Gasteiger partial charge on any atom is -0.467 e. The number of hydrogen-bond donors (Lipinski definition) is 0. The minimum atomic E-state index is -0.129. The van der Waals surface area contributed by atoms with Gasteiger partial charge in [0.15, 0.2) is 0 Å². The predicted molar refractivity (Wildman–Crippen MR) is 102 cm³/mol. The van der Waals surface area contributed by atoms with E-state index in [-0.39, 0.29) is 5.91 Å². The fourth-order valence-electron chi connectivity index (χ4n) is 2.86. The van der Waals surface area contributed by atoms with Crippen LogP contribution in [0.2, 0.25) is 0 Å². The summed E-state index contributed by atoms with van der Waals surface area (Å²) in [5.41, 5.74) is 1.75. The lowest BCUT2D eigenvalue weighted by molar-refractivity contribution is -0.127. The SMILES string of the molecule is O=C(/C=C/c1cc2ccccc2o1)N(Cc1cccnc1)Cc1ccco1. The van der Waals surface area contributed by atoms with E-state index in [4.69, 9.17) is 8.83 Å². The number of hydrogen-bond acceptors (Lipinski definition) is 4. The normalized spacial score (nSPS) is 11.3. The molecule has 5 heteroatoms. The highest BCUT2D eigenvalue weighted by molar-refractivity contribution is 5.92. The Balaban J connectivity index is 1.53. The molecule has 0 aliphatic rings. The predicted octanol–water partition coefficient (Wildman–Crippen LogP) is 4.66. The molecule has 0 aliphatic heterocycles. The summed E-state index contributed by atoms with van der Waals surface area (Å²) in [6, 6.07) is 17.1. The second kappa shape index (κ2) is 7.74. The van der Waals surface area contributed by atoms with Crippen LogP contribution in [-0.4, -0.2) is 15.8 Å². The largest absolute Gasteiger partial charge is 0.467 e. The summed E-state index contributed by atoms with van der Waals surface area (Å²) < 4.78 is 11.1. The topological polar surface area (TPSA) is 59.5 Å². The van der Waals surface area contributed by atoms with Gasteiger partial charge in [-0.05, 0) is 42.0 Å². The Labute approximate surface area is 156 Å². The molecular weight excluding hydrogens is 340 g/mol. The van der Waals surface area contributed by atoms with E-state index in [9.17, 15) is 4.79 Å². The van der Waals surface area contributed by atoms with Crippen molar-refractivity contribution in [3.05, 3.63) is 96.4 Å². The van der Waals surface area contributed by atoms with Crippen LogP contribution in [0.3, 0.4) is 0 Å². The van der Waals surface area contributed by atoms with Gasteiger partial charge in [0, 0.05) is 30.4 Å². The molecule has 3 heterocycles. The van der Waals surface area contributed by atoms with E-state index in [1.165, 1.54) is 6.08 Å². The molecule has 0 radical (unpaired) electrons. The third kappa shape index (κ3) is 4.15. The Morgan fingerprint density at radius 3 is 2.78 bits per heavy atom. The van der Waals surface area contributed by atoms with Crippen LogP contribution >= 0.6 is 0 Å². The number of rotatable bonds is 6. The molecule has 0 fully saturated rings. The van der Waals surface area contributed by atoms with Crippen molar-refractivity contribution in [1.29, 1.82) is 0 Å². The Hall–Kier alpha value is -3.60. The van der Waals surface area contributed by atoms with E-state index in [1.54, 1.807) is 29.6 Å². The number of para-hydroxylation sites is 1. The molecule has 1 aromatic carbocycles. The molecule has 0 N–H and O–H groups in total. The van der Waals surface area contributed by atoms with Gasteiger partial charge in [0.2, 0.25) is 5.91 Å². The van der Waals surface area contributed by atoms with Crippen LogP contribution in [0, 0.1) is 0 Å². The zero-order valence-electron chi connectivity index (χ0n) is 14.6. The molecule has 0 saturated heterocycles. The summed E-state index contributed by atoms with van der Waals surface area (Å²) in [4.78, 5) is 18.6. The molecule has 0 saturated carbocycles. The van der Waals surface area contributed by atoms with Gasteiger partial charge < -0.3 is 13.7 Å². The van der Waals surface area contributed by atoms with Crippen LogP contribution in [0.25, 0.3) is 17.0 Å². The van der Waals surface area contributed by atoms with Crippen molar-refractivity contribution in [3.63, 3.8) is 0 Å². The van der Waals surface area contributed by atoms with Gasteiger partial charge in [-0.15, -0.1) is 0 Å². The molecule has 4 rings (SSSR count). The lowest BCUT2D eigenvalue weighted by Crippen LogP contribution is -2.28. The molecule has 0 unspecified atom stereocenters. The first-order valence-corrected chi connectivity index (χ1v) is 8.65. The zero-order chi connectivity index (χ0) is 18.5. The van der Waals surface area contributed by atoms with Crippen LogP contribution < -0.4 is 0 Å². The van der Waals surface area contributed by atoms with Crippen molar-refractivity contribution in [1.82, 2.24) is 9.88 Å². The number of carbonyl (C=O) groups excluding carboxylic acids is 1. The van der Waals surface area contributed by atoms with Gasteiger partial charge in [-0.2, -0.15) is 0 Å². The smallest absolute Gasteiger partial charge is 0.247 e. The first kappa shape index (κ1) is 16.8.